The molecule has 2 aromatic carbocycles. The Kier molecular flexibility index (Phi) is 6.42. The number of hydrogen-bond acceptors (Lipinski definition) is 3. The lowest BCUT2D eigenvalue weighted by atomic mass is 10.0. The van der Waals surface area contributed by atoms with Gasteiger partial charge in [0.2, 0.25) is 15.9 Å². The summed E-state index contributed by atoms with van der Waals surface area (Å²) in [5.41, 5.74) is 3.55. The number of carbonyl (C=O) groups excluding carboxylic acids is 1. The van der Waals surface area contributed by atoms with Crippen LogP contribution < -0.4 is 9.62 Å². The van der Waals surface area contributed by atoms with Gasteiger partial charge in [0.05, 0.1) is 18.0 Å². The van der Waals surface area contributed by atoms with E-state index in [2.05, 4.69) is 5.32 Å². The summed E-state index contributed by atoms with van der Waals surface area (Å²) in [6.45, 7) is 5.62. The first-order valence-electron chi connectivity index (χ1n) is 8.61. The van der Waals surface area contributed by atoms with Crippen LogP contribution in [0.1, 0.15) is 36.1 Å². The van der Waals surface area contributed by atoms with Gasteiger partial charge in [0.15, 0.2) is 0 Å². The Bertz CT molecular complexity index is 864. The number of sulfonamides is 1. The predicted octanol–water partition coefficient (Wildman–Crippen LogP) is 3.34. The van der Waals surface area contributed by atoms with Crippen LogP contribution in [-0.2, 0) is 14.8 Å². The molecule has 2 aromatic rings. The van der Waals surface area contributed by atoms with Crippen LogP contribution in [-0.4, -0.2) is 27.1 Å². The lowest BCUT2D eigenvalue weighted by Gasteiger charge is -2.24. The zero-order valence-electron chi connectivity index (χ0n) is 15.7. The number of anilines is 1. The second-order valence-electron chi connectivity index (χ2n) is 6.48. The molecule has 0 fully saturated rings. The van der Waals surface area contributed by atoms with Crippen LogP contribution in [0.4, 0.5) is 5.69 Å². The minimum atomic E-state index is -3.58. The maximum absolute atomic E-state index is 12.6. The smallest absolute Gasteiger partial charge is 0.241 e. The van der Waals surface area contributed by atoms with Crippen LogP contribution >= 0.6 is 0 Å². The first kappa shape index (κ1) is 20.0. The Morgan fingerprint density at radius 3 is 2.27 bits per heavy atom. The second kappa shape index (κ2) is 8.36. The Balaban J connectivity index is 2.20. The molecule has 26 heavy (non-hydrogen) atoms. The molecule has 1 amide bonds. The van der Waals surface area contributed by atoms with Gasteiger partial charge in [-0.15, -0.1) is 0 Å². The van der Waals surface area contributed by atoms with E-state index in [1.54, 1.807) is 12.1 Å². The van der Waals surface area contributed by atoms with E-state index in [1.807, 2.05) is 57.2 Å². The minimum absolute atomic E-state index is 0.148. The SMILES string of the molecule is CC[C@@H](NC(=O)CN(c1ccc(C)c(C)c1)S(C)(=O)=O)c1ccccc1. The van der Waals surface area contributed by atoms with E-state index >= 15 is 0 Å². The molecule has 2 rings (SSSR count). The second-order valence-corrected chi connectivity index (χ2v) is 8.38. The van der Waals surface area contributed by atoms with Gasteiger partial charge < -0.3 is 5.32 Å². The molecule has 5 nitrogen and oxygen atoms in total. The lowest BCUT2D eigenvalue weighted by Crippen LogP contribution is -2.41. The van der Waals surface area contributed by atoms with Gasteiger partial charge in [0, 0.05) is 0 Å². The maximum atomic E-state index is 12.6. The number of amides is 1. The van der Waals surface area contributed by atoms with Crippen LogP contribution in [0.25, 0.3) is 0 Å². The van der Waals surface area contributed by atoms with Crippen molar-refractivity contribution in [1.82, 2.24) is 5.32 Å². The molecular formula is C20H26N2O3S. The van der Waals surface area contributed by atoms with E-state index in [-0.39, 0.29) is 18.5 Å². The van der Waals surface area contributed by atoms with Crippen LogP contribution in [0, 0.1) is 13.8 Å². The monoisotopic (exact) mass is 374 g/mol. The van der Waals surface area contributed by atoms with Crippen molar-refractivity contribution < 1.29 is 13.2 Å². The Hall–Kier alpha value is -2.34. The topological polar surface area (TPSA) is 66.5 Å². The van der Waals surface area contributed by atoms with E-state index in [1.165, 1.54) is 0 Å². The number of nitrogens with one attached hydrogen (secondary N) is 1. The zero-order valence-corrected chi connectivity index (χ0v) is 16.5. The number of benzene rings is 2. The normalized spacial score (nSPS) is 12.5. The van der Waals surface area contributed by atoms with Crippen LogP contribution in [0.2, 0.25) is 0 Å². The predicted molar refractivity (Wildman–Crippen MR) is 106 cm³/mol. The van der Waals surface area contributed by atoms with E-state index in [0.717, 1.165) is 33.7 Å². The summed E-state index contributed by atoms with van der Waals surface area (Å²) in [4.78, 5) is 12.6. The van der Waals surface area contributed by atoms with Crippen LogP contribution in [0.15, 0.2) is 48.5 Å². The van der Waals surface area contributed by atoms with Crippen molar-refractivity contribution in [1.29, 1.82) is 0 Å². The Morgan fingerprint density at radius 1 is 1.08 bits per heavy atom. The molecule has 0 saturated carbocycles. The third-order valence-electron chi connectivity index (χ3n) is 4.41. The third-order valence-corrected chi connectivity index (χ3v) is 5.55. The lowest BCUT2D eigenvalue weighted by molar-refractivity contribution is -0.120. The zero-order chi connectivity index (χ0) is 19.3. The number of hydrogen-bond donors (Lipinski definition) is 1. The molecule has 0 aliphatic heterocycles. The Labute approximate surface area is 156 Å². The van der Waals surface area contributed by atoms with E-state index < -0.39 is 10.0 Å². The summed E-state index contributed by atoms with van der Waals surface area (Å²) in [6, 6.07) is 14.9. The molecule has 0 spiro atoms. The average Bonchev–Trinajstić information content (AvgIpc) is 2.60. The van der Waals surface area contributed by atoms with Crippen molar-refractivity contribution in [3.63, 3.8) is 0 Å². The van der Waals surface area contributed by atoms with E-state index in [0.29, 0.717) is 5.69 Å². The highest BCUT2D eigenvalue weighted by atomic mass is 32.2. The molecule has 0 heterocycles. The summed E-state index contributed by atoms with van der Waals surface area (Å²) >= 11 is 0. The van der Waals surface area contributed by atoms with Gasteiger partial charge in [0.25, 0.3) is 0 Å². The minimum Gasteiger partial charge on any atom is -0.348 e. The van der Waals surface area contributed by atoms with Crippen molar-refractivity contribution >= 4 is 21.6 Å². The fourth-order valence-electron chi connectivity index (χ4n) is 2.76. The molecule has 6 heteroatoms. The molecule has 0 unspecified atom stereocenters. The number of rotatable bonds is 7. The highest BCUT2D eigenvalue weighted by Gasteiger charge is 2.22. The highest BCUT2D eigenvalue weighted by molar-refractivity contribution is 7.92. The van der Waals surface area contributed by atoms with Gasteiger partial charge in [-0.25, -0.2) is 8.42 Å². The molecule has 0 saturated heterocycles. The van der Waals surface area contributed by atoms with Crippen molar-refractivity contribution in [3.05, 3.63) is 65.2 Å². The van der Waals surface area contributed by atoms with Crippen molar-refractivity contribution in [3.8, 4) is 0 Å². The molecule has 140 valence electrons. The van der Waals surface area contributed by atoms with Crippen LogP contribution in [0.5, 0.6) is 0 Å². The first-order valence-corrected chi connectivity index (χ1v) is 10.5. The fraction of sp³-hybridized carbons (Fsp3) is 0.350. The maximum Gasteiger partial charge on any atom is 0.241 e. The largest absolute Gasteiger partial charge is 0.348 e. The summed E-state index contributed by atoms with van der Waals surface area (Å²) in [7, 11) is -3.58. The molecule has 0 aromatic heterocycles. The van der Waals surface area contributed by atoms with Gasteiger partial charge in [-0.1, -0.05) is 43.3 Å². The standard InChI is InChI=1S/C20H26N2O3S/c1-5-19(17-9-7-6-8-10-17)21-20(23)14-22(26(4,24)25)18-12-11-15(2)16(3)13-18/h6-13,19H,5,14H2,1-4H3,(H,21,23)/t19-/m1/s1. The number of aryl methyl sites for hydroxylation is 2. The first-order chi connectivity index (χ1) is 12.2. The highest BCUT2D eigenvalue weighted by Crippen LogP contribution is 2.22. The molecule has 0 bridgehead atoms. The summed E-state index contributed by atoms with van der Waals surface area (Å²) in [5, 5.41) is 2.94. The number of nitrogens with zero attached hydrogens (tertiary/aromatic N) is 1. The average molecular weight is 375 g/mol. The fourth-order valence-corrected chi connectivity index (χ4v) is 3.61. The molecule has 0 aliphatic rings. The van der Waals surface area contributed by atoms with E-state index in [4.69, 9.17) is 0 Å². The van der Waals surface area contributed by atoms with Crippen molar-refractivity contribution in [2.24, 2.45) is 0 Å². The summed E-state index contributed by atoms with van der Waals surface area (Å²) < 4.78 is 25.6. The van der Waals surface area contributed by atoms with Gasteiger partial charge >= 0.3 is 0 Å². The third kappa shape index (κ3) is 5.08. The Morgan fingerprint density at radius 2 is 1.73 bits per heavy atom. The molecular weight excluding hydrogens is 348 g/mol. The molecule has 0 aliphatic carbocycles. The van der Waals surface area contributed by atoms with Gasteiger partial charge in [-0.3, -0.25) is 9.10 Å². The van der Waals surface area contributed by atoms with E-state index in [9.17, 15) is 13.2 Å². The van der Waals surface area contributed by atoms with Crippen molar-refractivity contribution in [2.75, 3.05) is 17.1 Å². The summed E-state index contributed by atoms with van der Waals surface area (Å²) in [5.74, 6) is -0.329. The molecule has 0 radical (unpaired) electrons. The molecule has 1 N–H and O–H groups in total. The number of carbonyl (C=O) groups is 1. The van der Waals surface area contributed by atoms with Gasteiger partial charge in [-0.2, -0.15) is 0 Å². The van der Waals surface area contributed by atoms with Gasteiger partial charge in [0.1, 0.15) is 6.54 Å². The van der Waals surface area contributed by atoms with Crippen molar-refractivity contribution in [2.45, 2.75) is 33.2 Å². The quantitative estimate of drug-likeness (QED) is 0.808. The van der Waals surface area contributed by atoms with Gasteiger partial charge in [-0.05, 0) is 49.1 Å². The van der Waals surface area contributed by atoms with Crippen LogP contribution in [0.3, 0.4) is 0 Å². The molecule has 1 atom stereocenters. The summed E-state index contributed by atoms with van der Waals surface area (Å²) in [6.07, 6.45) is 1.84.